The highest BCUT2D eigenvalue weighted by atomic mass is 19.1. The molecule has 0 atom stereocenters. The van der Waals surface area contributed by atoms with Crippen LogP contribution in [0.3, 0.4) is 0 Å². The molecule has 1 aromatic rings. The second-order valence-electron chi connectivity index (χ2n) is 4.62. The average molecular weight is 237 g/mol. The van der Waals surface area contributed by atoms with Crippen molar-refractivity contribution in [1.82, 2.24) is 5.32 Å². The van der Waals surface area contributed by atoms with E-state index >= 15 is 0 Å². The molecule has 0 aliphatic heterocycles. The average Bonchev–Trinajstić information content (AvgIpc) is 3.15. The first-order chi connectivity index (χ1) is 8.31. The van der Waals surface area contributed by atoms with Gasteiger partial charge in [-0.15, -0.1) is 0 Å². The normalized spacial score (nSPS) is 14.9. The van der Waals surface area contributed by atoms with Crippen molar-refractivity contribution in [3.8, 4) is 5.75 Å². The molecule has 0 amide bonds. The molecule has 1 fully saturated rings. The Labute approximate surface area is 102 Å². The number of unbranched alkanes of at least 4 members (excludes halogenated alkanes) is 1. The van der Waals surface area contributed by atoms with E-state index in [0.717, 1.165) is 37.4 Å². The van der Waals surface area contributed by atoms with Crippen molar-refractivity contribution in [1.29, 1.82) is 0 Å². The van der Waals surface area contributed by atoms with E-state index in [1.165, 1.54) is 20.0 Å². The first kappa shape index (κ1) is 12.4. The third kappa shape index (κ3) is 3.70. The number of ether oxygens (including phenoxy) is 1. The van der Waals surface area contributed by atoms with Gasteiger partial charge >= 0.3 is 0 Å². The standard InChI is InChI=1S/C14H20FNO/c1-17-13-7-4-6-11(14(13)15)5-2-3-10-16-12-8-9-12/h4,6-7,12,16H,2-3,5,8-10H2,1H3. The molecule has 0 heterocycles. The largest absolute Gasteiger partial charge is 0.494 e. The minimum atomic E-state index is -0.204. The van der Waals surface area contributed by atoms with E-state index in [-0.39, 0.29) is 5.82 Å². The molecule has 3 heteroatoms. The van der Waals surface area contributed by atoms with Gasteiger partial charge in [0.05, 0.1) is 7.11 Å². The van der Waals surface area contributed by atoms with Crippen LogP contribution in [0.4, 0.5) is 4.39 Å². The number of hydrogen-bond donors (Lipinski definition) is 1. The summed E-state index contributed by atoms with van der Waals surface area (Å²) in [7, 11) is 1.50. The SMILES string of the molecule is COc1cccc(CCCCNC2CC2)c1F. The monoisotopic (exact) mass is 237 g/mol. The fraction of sp³-hybridized carbons (Fsp3) is 0.571. The second kappa shape index (κ2) is 6.01. The van der Waals surface area contributed by atoms with Crippen molar-refractivity contribution in [2.75, 3.05) is 13.7 Å². The maximum absolute atomic E-state index is 13.8. The van der Waals surface area contributed by atoms with E-state index in [2.05, 4.69) is 5.32 Å². The summed E-state index contributed by atoms with van der Waals surface area (Å²) in [4.78, 5) is 0. The lowest BCUT2D eigenvalue weighted by molar-refractivity contribution is 0.384. The van der Waals surface area contributed by atoms with Gasteiger partial charge in [0.2, 0.25) is 0 Å². The third-order valence-electron chi connectivity index (χ3n) is 3.15. The van der Waals surface area contributed by atoms with Crippen molar-refractivity contribution >= 4 is 0 Å². The number of nitrogens with one attached hydrogen (secondary N) is 1. The number of methoxy groups -OCH3 is 1. The first-order valence-electron chi connectivity index (χ1n) is 6.36. The Bertz CT molecular complexity index is 363. The molecule has 2 nitrogen and oxygen atoms in total. The summed E-state index contributed by atoms with van der Waals surface area (Å²) in [6, 6.07) is 6.11. The number of benzene rings is 1. The van der Waals surface area contributed by atoms with Crippen LogP contribution in [0.25, 0.3) is 0 Å². The summed E-state index contributed by atoms with van der Waals surface area (Å²) >= 11 is 0. The van der Waals surface area contributed by atoms with Crippen LogP contribution in [0.1, 0.15) is 31.2 Å². The second-order valence-corrected chi connectivity index (χ2v) is 4.62. The predicted octanol–water partition coefficient (Wildman–Crippen LogP) is 2.91. The van der Waals surface area contributed by atoms with Gasteiger partial charge in [-0.1, -0.05) is 12.1 Å². The predicted molar refractivity (Wildman–Crippen MR) is 66.9 cm³/mol. The van der Waals surface area contributed by atoms with Gasteiger partial charge in [0.15, 0.2) is 11.6 Å². The lowest BCUT2D eigenvalue weighted by Gasteiger charge is -2.07. The van der Waals surface area contributed by atoms with E-state index in [9.17, 15) is 4.39 Å². The lowest BCUT2D eigenvalue weighted by atomic mass is 10.1. The molecule has 1 saturated carbocycles. The van der Waals surface area contributed by atoms with E-state index in [1.807, 2.05) is 12.1 Å². The molecular weight excluding hydrogens is 217 g/mol. The summed E-state index contributed by atoms with van der Waals surface area (Å²) in [5, 5.41) is 3.46. The van der Waals surface area contributed by atoms with E-state index in [4.69, 9.17) is 4.74 Å². The van der Waals surface area contributed by atoms with Crippen LogP contribution in [0.2, 0.25) is 0 Å². The molecule has 1 aliphatic carbocycles. The molecule has 1 aromatic carbocycles. The summed E-state index contributed by atoms with van der Waals surface area (Å²) in [6.07, 6.45) is 5.56. The molecule has 0 aromatic heterocycles. The Balaban J connectivity index is 1.73. The fourth-order valence-corrected chi connectivity index (χ4v) is 1.94. The quantitative estimate of drug-likeness (QED) is 0.736. The number of aryl methyl sites for hydroxylation is 1. The van der Waals surface area contributed by atoms with Crippen molar-refractivity contribution < 1.29 is 9.13 Å². The van der Waals surface area contributed by atoms with Crippen molar-refractivity contribution in [3.05, 3.63) is 29.6 Å². The Morgan fingerprint density at radius 2 is 2.18 bits per heavy atom. The molecule has 94 valence electrons. The molecule has 2 rings (SSSR count). The molecular formula is C14H20FNO. The van der Waals surface area contributed by atoms with Gasteiger partial charge in [-0.25, -0.2) is 4.39 Å². The van der Waals surface area contributed by atoms with E-state index < -0.39 is 0 Å². The molecule has 0 spiro atoms. The highest BCUT2D eigenvalue weighted by Gasteiger charge is 2.19. The zero-order valence-corrected chi connectivity index (χ0v) is 10.3. The van der Waals surface area contributed by atoms with Crippen LogP contribution in [0.15, 0.2) is 18.2 Å². The van der Waals surface area contributed by atoms with Gasteiger partial charge in [0, 0.05) is 6.04 Å². The van der Waals surface area contributed by atoms with Gasteiger partial charge in [0.1, 0.15) is 0 Å². The van der Waals surface area contributed by atoms with Crippen molar-refractivity contribution in [3.63, 3.8) is 0 Å². The van der Waals surface area contributed by atoms with Crippen LogP contribution < -0.4 is 10.1 Å². The van der Waals surface area contributed by atoms with Gasteiger partial charge in [-0.3, -0.25) is 0 Å². The van der Waals surface area contributed by atoms with E-state index in [0.29, 0.717) is 5.75 Å². The molecule has 0 saturated heterocycles. The van der Waals surface area contributed by atoms with Crippen molar-refractivity contribution in [2.45, 2.75) is 38.1 Å². The Morgan fingerprint density at radius 3 is 2.88 bits per heavy atom. The summed E-state index contributed by atoms with van der Waals surface area (Å²) in [6.45, 7) is 1.05. The zero-order valence-electron chi connectivity index (χ0n) is 10.3. The molecule has 0 unspecified atom stereocenters. The van der Waals surface area contributed by atoms with Crippen molar-refractivity contribution in [2.24, 2.45) is 0 Å². The van der Waals surface area contributed by atoms with Crippen LogP contribution >= 0.6 is 0 Å². The fourth-order valence-electron chi connectivity index (χ4n) is 1.94. The van der Waals surface area contributed by atoms with E-state index in [1.54, 1.807) is 6.07 Å². The van der Waals surface area contributed by atoms with Crippen LogP contribution in [-0.2, 0) is 6.42 Å². The smallest absolute Gasteiger partial charge is 0.168 e. The minimum Gasteiger partial charge on any atom is -0.494 e. The summed E-state index contributed by atoms with van der Waals surface area (Å²) in [5.74, 6) is 0.142. The Morgan fingerprint density at radius 1 is 1.35 bits per heavy atom. The Hall–Kier alpha value is -1.09. The first-order valence-corrected chi connectivity index (χ1v) is 6.36. The number of hydrogen-bond acceptors (Lipinski definition) is 2. The van der Waals surface area contributed by atoms with Crippen LogP contribution in [0, 0.1) is 5.82 Å². The van der Waals surface area contributed by atoms with Gasteiger partial charge in [-0.05, 0) is 50.3 Å². The van der Waals surface area contributed by atoms with Gasteiger partial charge in [-0.2, -0.15) is 0 Å². The minimum absolute atomic E-state index is 0.204. The topological polar surface area (TPSA) is 21.3 Å². The molecule has 1 N–H and O–H groups in total. The highest BCUT2D eigenvalue weighted by molar-refractivity contribution is 5.31. The molecule has 17 heavy (non-hydrogen) atoms. The summed E-state index contributed by atoms with van der Waals surface area (Å²) in [5.41, 5.74) is 0.760. The zero-order chi connectivity index (χ0) is 12.1. The van der Waals surface area contributed by atoms with Crippen LogP contribution in [0.5, 0.6) is 5.75 Å². The lowest BCUT2D eigenvalue weighted by Crippen LogP contribution is -2.17. The highest BCUT2D eigenvalue weighted by Crippen LogP contribution is 2.21. The number of halogens is 1. The van der Waals surface area contributed by atoms with Crippen LogP contribution in [-0.4, -0.2) is 19.7 Å². The van der Waals surface area contributed by atoms with Gasteiger partial charge in [0.25, 0.3) is 0 Å². The third-order valence-corrected chi connectivity index (χ3v) is 3.15. The van der Waals surface area contributed by atoms with Gasteiger partial charge < -0.3 is 10.1 Å². The Kier molecular flexibility index (Phi) is 4.37. The maximum Gasteiger partial charge on any atom is 0.168 e. The molecule has 0 bridgehead atoms. The molecule has 1 aliphatic rings. The number of rotatable bonds is 7. The molecule has 0 radical (unpaired) electrons. The summed E-state index contributed by atoms with van der Waals surface area (Å²) < 4.78 is 18.7. The maximum atomic E-state index is 13.8.